The fourth-order valence-electron chi connectivity index (χ4n) is 2.42. The van der Waals surface area contributed by atoms with E-state index < -0.39 is 0 Å². The third kappa shape index (κ3) is 0.994. The summed E-state index contributed by atoms with van der Waals surface area (Å²) in [6.07, 6.45) is 5.64. The summed E-state index contributed by atoms with van der Waals surface area (Å²) in [4.78, 5) is 4.30. The molecule has 0 amide bonds. The molecule has 0 radical (unpaired) electrons. The molecular weight excluding hydrogens is 184 g/mol. The lowest BCUT2D eigenvalue weighted by Crippen LogP contribution is -2.45. The SMILES string of the molecule is NC1(c2nccs2)CC2CCC1O2. The molecule has 2 N–H and O–H groups in total. The maximum Gasteiger partial charge on any atom is 0.115 e. The van der Waals surface area contributed by atoms with Gasteiger partial charge >= 0.3 is 0 Å². The molecule has 3 unspecified atom stereocenters. The molecule has 0 aliphatic carbocycles. The van der Waals surface area contributed by atoms with E-state index in [-0.39, 0.29) is 11.6 Å². The average Bonchev–Trinajstić information content (AvgIpc) is 2.79. The summed E-state index contributed by atoms with van der Waals surface area (Å²) in [5.74, 6) is 0. The van der Waals surface area contributed by atoms with Gasteiger partial charge in [0.25, 0.3) is 0 Å². The highest BCUT2D eigenvalue weighted by Gasteiger charge is 2.52. The molecule has 70 valence electrons. The lowest BCUT2D eigenvalue weighted by Gasteiger charge is -2.28. The number of aromatic nitrogens is 1. The number of hydrogen-bond donors (Lipinski definition) is 1. The van der Waals surface area contributed by atoms with Gasteiger partial charge in [-0.2, -0.15) is 0 Å². The number of fused-ring (bicyclic) bond motifs is 2. The van der Waals surface area contributed by atoms with E-state index in [9.17, 15) is 0 Å². The molecule has 2 bridgehead atoms. The molecule has 0 aromatic carbocycles. The predicted molar refractivity (Wildman–Crippen MR) is 50.5 cm³/mol. The smallest absolute Gasteiger partial charge is 0.115 e. The van der Waals surface area contributed by atoms with E-state index in [1.165, 1.54) is 6.42 Å². The Morgan fingerprint density at radius 1 is 1.62 bits per heavy atom. The van der Waals surface area contributed by atoms with Gasteiger partial charge in [0.1, 0.15) is 5.01 Å². The van der Waals surface area contributed by atoms with Gasteiger partial charge in [-0.05, 0) is 12.8 Å². The minimum atomic E-state index is -0.281. The van der Waals surface area contributed by atoms with Gasteiger partial charge in [0.2, 0.25) is 0 Å². The number of ether oxygens (including phenoxy) is 1. The monoisotopic (exact) mass is 196 g/mol. The standard InChI is InChI=1S/C9H12N2OS/c10-9(8-11-3-4-13-8)5-6-1-2-7(9)12-6/h3-4,6-7H,1-2,5,10H2. The Hall–Kier alpha value is -0.450. The zero-order valence-electron chi connectivity index (χ0n) is 7.27. The van der Waals surface area contributed by atoms with Crippen LogP contribution in [-0.4, -0.2) is 17.2 Å². The molecule has 3 nitrogen and oxygen atoms in total. The van der Waals surface area contributed by atoms with Crippen molar-refractivity contribution in [1.82, 2.24) is 4.98 Å². The normalized spacial score (nSPS) is 42.8. The minimum Gasteiger partial charge on any atom is -0.373 e. The Balaban J connectivity index is 1.98. The van der Waals surface area contributed by atoms with Crippen LogP contribution < -0.4 is 5.73 Å². The molecule has 2 aliphatic rings. The molecule has 4 heteroatoms. The summed E-state index contributed by atoms with van der Waals surface area (Å²) in [6.45, 7) is 0. The topological polar surface area (TPSA) is 48.1 Å². The van der Waals surface area contributed by atoms with Crippen LogP contribution >= 0.6 is 11.3 Å². The first kappa shape index (κ1) is 7.91. The molecule has 3 rings (SSSR count). The highest BCUT2D eigenvalue weighted by Crippen LogP contribution is 2.46. The van der Waals surface area contributed by atoms with Crippen molar-refractivity contribution >= 4 is 11.3 Å². The van der Waals surface area contributed by atoms with E-state index in [0.29, 0.717) is 6.10 Å². The zero-order valence-corrected chi connectivity index (χ0v) is 8.09. The summed E-state index contributed by atoms with van der Waals surface area (Å²) in [5, 5.41) is 3.02. The molecule has 3 atom stereocenters. The second-order valence-corrected chi connectivity index (χ2v) is 4.80. The fraction of sp³-hybridized carbons (Fsp3) is 0.667. The largest absolute Gasteiger partial charge is 0.373 e. The van der Waals surface area contributed by atoms with Crippen LogP contribution in [0.4, 0.5) is 0 Å². The molecule has 13 heavy (non-hydrogen) atoms. The van der Waals surface area contributed by atoms with Crippen molar-refractivity contribution in [3.63, 3.8) is 0 Å². The number of hydrogen-bond acceptors (Lipinski definition) is 4. The van der Waals surface area contributed by atoms with Gasteiger partial charge in [-0.25, -0.2) is 4.98 Å². The van der Waals surface area contributed by atoms with Crippen molar-refractivity contribution in [1.29, 1.82) is 0 Å². The van der Waals surface area contributed by atoms with Gasteiger partial charge in [0, 0.05) is 18.0 Å². The molecule has 2 fully saturated rings. The minimum absolute atomic E-state index is 0.212. The van der Waals surface area contributed by atoms with Crippen molar-refractivity contribution in [2.75, 3.05) is 0 Å². The molecule has 3 heterocycles. The van der Waals surface area contributed by atoms with Gasteiger partial charge in [-0.1, -0.05) is 0 Å². The summed E-state index contributed by atoms with van der Waals surface area (Å²) in [5.41, 5.74) is 6.05. The second-order valence-electron chi connectivity index (χ2n) is 3.91. The van der Waals surface area contributed by atoms with Crippen LogP contribution in [-0.2, 0) is 10.3 Å². The lowest BCUT2D eigenvalue weighted by molar-refractivity contribution is 0.0853. The van der Waals surface area contributed by atoms with E-state index >= 15 is 0 Å². The van der Waals surface area contributed by atoms with Gasteiger partial charge in [-0.15, -0.1) is 11.3 Å². The lowest BCUT2D eigenvalue weighted by atomic mass is 9.83. The molecular formula is C9H12N2OS. The van der Waals surface area contributed by atoms with E-state index in [1.807, 2.05) is 11.6 Å². The maximum absolute atomic E-state index is 6.33. The second kappa shape index (κ2) is 2.53. The molecule has 2 saturated heterocycles. The Morgan fingerprint density at radius 3 is 3.08 bits per heavy atom. The van der Waals surface area contributed by atoms with Crippen LogP contribution in [0.1, 0.15) is 24.3 Å². The molecule has 0 saturated carbocycles. The van der Waals surface area contributed by atoms with Gasteiger partial charge in [-0.3, -0.25) is 0 Å². The van der Waals surface area contributed by atoms with E-state index in [4.69, 9.17) is 10.5 Å². The van der Waals surface area contributed by atoms with Gasteiger partial charge in [0.05, 0.1) is 17.7 Å². The van der Waals surface area contributed by atoms with Crippen molar-refractivity contribution in [2.24, 2.45) is 5.73 Å². The first-order valence-corrected chi connectivity index (χ1v) is 5.51. The number of nitrogens with two attached hydrogens (primary N) is 1. The van der Waals surface area contributed by atoms with Crippen molar-refractivity contribution < 1.29 is 4.74 Å². The maximum atomic E-state index is 6.33. The van der Waals surface area contributed by atoms with Crippen LogP contribution in [0.3, 0.4) is 0 Å². The molecule has 1 aromatic rings. The van der Waals surface area contributed by atoms with Crippen LogP contribution in [0.25, 0.3) is 0 Å². The fourth-order valence-corrected chi connectivity index (χ4v) is 3.23. The van der Waals surface area contributed by atoms with Gasteiger partial charge in [0.15, 0.2) is 0 Å². The van der Waals surface area contributed by atoms with E-state index in [2.05, 4.69) is 4.98 Å². The number of thiazole rings is 1. The van der Waals surface area contributed by atoms with Crippen LogP contribution in [0.2, 0.25) is 0 Å². The summed E-state index contributed by atoms with van der Waals surface area (Å²) in [7, 11) is 0. The summed E-state index contributed by atoms with van der Waals surface area (Å²) in [6, 6.07) is 0. The zero-order chi connectivity index (χ0) is 8.89. The molecule has 0 spiro atoms. The average molecular weight is 196 g/mol. The van der Waals surface area contributed by atoms with Crippen molar-refractivity contribution in [3.8, 4) is 0 Å². The third-order valence-corrected chi connectivity index (χ3v) is 4.04. The molecule has 1 aromatic heterocycles. The highest BCUT2D eigenvalue weighted by atomic mass is 32.1. The Labute approximate surface area is 80.9 Å². The number of nitrogens with zero attached hydrogens (tertiary/aromatic N) is 1. The first-order valence-electron chi connectivity index (χ1n) is 4.63. The van der Waals surface area contributed by atoms with Crippen LogP contribution in [0, 0.1) is 0 Å². The Kier molecular flexibility index (Phi) is 1.54. The van der Waals surface area contributed by atoms with Crippen molar-refractivity contribution in [2.45, 2.75) is 37.0 Å². The van der Waals surface area contributed by atoms with E-state index in [0.717, 1.165) is 17.8 Å². The van der Waals surface area contributed by atoms with Crippen molar-refractivity contribution in [3.05, 3.63) is 16.6 Å². The quantitative estimate of drug-likeness (QED) is 0.735. The summed E-state index contributed by atoms with van der Waals surface area (Å²) >= 11 is 1.64. The van der Waals surface area contributed by atoms with Gasteiger partial charge < -0.3 is 10.5 Å². The Bertz CT molecular complexity index is 313. The van der Waals surface area contributed by atoms with Crippen LogP contribution in [0.5, 0.6) is 0 Å². The summed E-state index contributed by atoms with van der Waals surface area (Å²) < 4.78 is 5.75. The van der Waals surface area contributed by atoms with E-state index in [1.54, 1.807) is 11.3 Å². The number of rotatable bonds is 1. The van der Waals surface area contributed by atoms with Crippen LogP contribution in [0.15, 0.2) is 11.6 Å². The molecule has 2 aliphatic heterocycles. The Morgan fingerprint density at radius 2 is 2.54 bits per heavy atom. The third-order valence-electron chi connectivity index (χ3n) is 3.08. The first-order chi connectivity index (χ1) is 6.29. The highest BCUT2D eigenvalue weighted by molar-refractivity contribution is 7.09. The predicted octanol–water partition coefficient (Wildman–Crippen LogP) is 1.25.